The third-order valence-corrected chi connectivity index (χ3v) is 7.64. The molecule has 1 atom stereocenters. The number of thiazole rings is 1. The minimum atomic E-state index is -0.954. The fourth-order valence-corrected chi connectivity index (χ4v) is 5.33. The van der Waals surface area contributed by atoms with Crippen LogP contribution in [0.25, 0.3) is 0 Å². The molecule has 1 aromatic heterocycles. The van der Waals surface area contributed by atoms with Crippen LogP contribution in [0.3, 0.4) is 0 Å². The molecule has 0 spiro atoms. The van der Waals surface area contributed by atoms with Gasteiger partial charge in [0.25, 0.3) is 0 Å². The Hall–Kier alpha value is -2.39. The van der Waals surface area contributed by atoms with E-state index in [2.05, 4.69) is 22.0 Å². The Bertz CT molecular complexity index is 1050. The summed E-state index contributed by atoms with van der Waals surface area (Å²) in [6.45, 7) is 2.75. The van der Waals surface area contributed by atoms with Gasteiger partial charge in [-0.3, -0.25) is 4.79 Å². The van der Waals surface area contributed by atoms with Crippen molar-refractivity contribution in [2.24, 2.45) is 0 Å². The molecule has 3 aromatic rings. The van der Waals surface area contributed by atoms with Crippen molar-refractivity contribution in [3.8, 4) is 0 Å². The van der Waals surface area contributed by atoms with E-state index in [4.69, 9.17) is 4.74 Å². The third kappa shape index (κ3) is 5.32. The van der Waals surface area contributed by atoms with E-state index in [1.807, 2.05) is 36.5 Å². The molecule has 1 amide bonds. The van der Waals surface area contributed by atoms with Gasteiger partial charge in [-0.1, -0.05) is 18.2 Å². The average molecular weight is 470 g/mol. The molecule has 1 aliphatic heterocycles. The number of methoxy groups -OCH3 is 1. The van der Waals surface area contributed by atoms with Crippen LogP contribution >= 0.6 is 11.3 Å². The first-order valence-electron chi connectivity index (χ1n) is 10.5. The second kappa shape index (κ2) is 10.5. The second-order valence-corrected chi connectivity index (χ2v) is 10.3. The van der Waals surface area contributed by atoms with Gasteiger partial charge in [0.05, 0.1) is 6.61 Å². The number of fused-ring (bicyclic) bond motifs is 1. The Kier molecular flexibility index (Phi) is 7.47. The smallest absolute Gasteiger partial charge is 0.214 e. The second-order valence-electron chi connectivity index (χ2n) is 7.80. The maximum absolute atomic E-state index is 11.6. The van der Waals surface area contributed by atoms with E-state index in [-0.39, 0.29) is 0 Å². The van der Waals surface area contributed by atoms with Gasteiger partial charge in [-0.25, -0.2) is 4.98 Å². The Labute approximate surface area is 196 Å². The summed E-state index contributed by atoms with van der Waals surface area (Å²) in [5.74, 6) is 0. The van der Waals surface area contributed by atoms with Crippen LogP contribution in [0.15, 0.2) is 53.6 Å². The number of carbonyl (C=O) groups excluding carboxylic acids is 1. The van der Waals surface area contributed by atoms with Crippen LogP contribution < -0.4 is 9.80 Å². The zero-order valence-corrected chi connectivity index (χ0v) is 20.0. The molecule has 4 rings (SSSR count). The van der Waals surface area contributed by atoms with Gasteiger partial charge in [0.2, 0.25) is 6.41 Å². The number of carbonyl (C=O) groups is 1. The number of amides is 1. The van der Waals surface area contributed by atoms with E-state index < -0.39 is 11.2 Å². The lowest BCUT2D eigenvalue weighted by Crippen LogP contribution is -2.31. The van der Waals surface area contributed by atoms with E-state index in [1.165, 1.54) is 21.6 Å². The van der Waals surface area contributed by atoms with E-state index >= 15 is 0 Å². The summed E-state index contributed by atoms with van der Waals surface area (Å²) in [7, 11) is 1.64. The number of anilines is 2. The molecule has 2 heterocycles. The van der Waals surface area contributed by atoms with Crippen LogP contribution in [0.2, 0.25) is 0 Å². The largest absolute Gasteiger partial charge is 0.612 e. The number of nitrogens with zero attached hydrogens (tertiary/aromatic N) is 3. The van der Waals surface area contributed by atoms with E-state index in [0.29, 0.717) is 13.2 Å². The minimum Gasteiger partial charge on any atom is -0.612 e. The lowest BCUT2D eigenvalue weighted by molar-refractivity contribution is -0.107. The van der Waals surface area contributed by atoms with Crippen LogP contribution in [0.1, 0.15) is 21.6 Å². The summed E-state index contributed by atoms with van der Waals surface area (Å²) in [5, 5.41) is 1.02. The van der Waals surface area contributed by atoms with Crippen LogP contribution in [-0.2, 0) is 40.1 Å². The lowest BCUT2D eigenvalue weighted by Gasteiger charge is -2.29. The zero-order chi connectivity index (χ0) is 22.5. The standard InChI is InChI=1S/C24H27N3O3S2/c1-30-12-11-27(17-28)21-6-5-19-9-10-26(16-20(19)14-21)24-25-15-22(31-24)13-18-3-7-23(8-4-18)32(2)29/h3-8,14-15,17H,9-13,16H2,1-2H3. The highest BCUT2D eigenvalue weighted by atomic mass is 32.2. The molecule has 1 unspecified atom stereocenters. The maximum atomic E-state index is 11.6. The first kappa shape index (κ1) is 22.8. The molecule has 0 radical (unpaired) electrons. The minimum absolute atomic E-state index is 0.503. The summed E-state index contributed by atoms with van der Waals surface area (Å²) in [6.07, 6.45) is 6.28. The van der Waals surface area contributed by atoms with E-state index in [1.54, 1.807) is 29.6 Å². The quantitative estimate of drug-likeness (QED) is 0.354. The van der Waals surface area contributed by atoms with Crippen LogP contribution in [0.5, 0.6) is 0 Å². The van der Waals surface area contributed by atoms with Crippen LogP contribution in [0, 0.1) is 0 Å². The van der Waals surface area contributed by atoms with Gasteiger partial charge in [-0.15, -0.1) is 11.3 Å². The van der Waals surface area contributed by atoms with Crippen molar-refractivity contribution < 1.29 is 14.1 Å². The molecule has 6 nitrogen and oxygen atoms in total. The molecule has 0 bridgehead atoms. The van der Waals surface area contributed by atoms with Gasteiger partial charge in [-0.05, 0) is 58.6 Å². The topological polar surface area (TPSA) is 68.7 Å². The van der Waals surface area contributed by atoms with Gasteiger partial charge >= 0.3 is 0 Å². The Morgan fingerprint density at radius 1 is 1.25 bits per heavy atom. The highest BCUT2D eigenvalue weighted by molar-refractivity contribution is 7.90. The SMILES string of the molecule is COCCN(C=O)c1ccc2c(c1)CN(c1ncc(Cc3ccc([S+](C)[O-])cc3)s1)CC2. The van der Waals surface area contributed by atoms with Crippen LogP contribution in [0.4, 0.5) is 10.8 Å². The van der Waals surface area contributed by atoms with E-state index in [9.17, 15) is 9.35 Å². The molecule has 0 N–H and O–H groups in total. The highest BCUT2D eigenvalue weighted by Gasteiger charge is 2.20. The number of hydrogen-bond acceptors (Lipinski definition) is 6. The van der Waals surface area contributed by atoms with Gasteiger partial charge in [-0.2, -0.15) is 0 Å². The van der Waals surface area contributed by atoms with Gasteiger partial charge < -0.3 is 19.1 Å². The van der Waals surface area contributed by atoms with Crippen molar-refractivity contribution in [3.05, 3.63) is 70.2 Å². The molecular formula is C24H27N3O3S2. The van der Waals surface area contributed by atoms with Gasteiger partial charge in [0, 0.05) is 49.9 Å². The number of ether oxygens (including phenoxy) is 1. The Balaban J connectivity index is 1.45. The summed E-state index contributed by atoms with van der Waals surface area (Å²) in [6, 6.07) is 14.2. The molecule has 0 saturated carbocycles. The van der Waals surface area contributed by atoms with Gasteiger partial charge in [0.15, 0.2) is 10.0 Å². The molecule has 0 fully saturated rings. The first-order chi connectivity index (χ1) is 15.6. The fraction of sp³-hybridized carbons (Fsp3) is 0.333. The van der Waals surface area contributed by atoms with Crippen molar-refractivity contribution in [2.75, 3.05) is 42.9 Å². The fourth-order valence-electron chi connectivity index (χ4n) is 3.84. The molecule has 168 valence electrons. The molecule has 0 saturated heterocycles. The monoisotopic (exact) mass is 469 g/mol. The Morgan fingerprint density at radius 2 is 2.06 bits per heavy atom. The molecule has 0 aliphatic carbocycles. The molecule has 32 heavy (non-hydrogen) atoms. The van der Waals surface area contributed by atoms with Gasteiger partial charge in [0.1, 0.15) is 6.26 Å². The summed E-state index contributed by atoms with van der Waals surface area (Å²) < 4.78 is 16.7. The molecule has 1 aliphatic rings. The highest BCUT2D eigenvalue weighted by Crippen LogP contribution is 2.31. The number of rotatable bonds is 9. The zero-order valence-electron chi connectivity index (χ0n) is 18.3. The predicted molar refractivity (Wildman–Crippen MR) is 130 cm³/mol. The summed E-state index contributed by atoms with van der Waals surface area (Å²) >= 11 is 0.764. The third-order valence-electron chi connectivity index (χ3n) is 5.64. The van der Waals surface area contributed by atoms with Crippen molar-refractivity contribution in [3.63, 3.8) is 0 Å². The number of hydrogen-bond donors (Lipinski definition) is 0. The summed E-state index contributed by atoms with van der Waals surface area (Å²) in [5.41, 5.74) is 4.65. The van der Waals surface area contributed by atoms with Crippen molar-refractivity contribution in [1.82, 2.24) is 4.98 Å². The first-order valence-corrected chi connectivity index (χ1v) is 12.9. The average Bonchev–Trinajstić information content (AvgIpc) is 3.28. The molecule has 8 heteroatoms. The lowest BCUT2D eigenvalue weighted by atomic mass is 9.99. The normalized spacial score (nSPS) is 14.2. The van der Waals surface area contributed by atoms with Crippen LogP contribution in [-0.4, -0.2) is 49.0 Å². The van der Waals surface area contributed by atoms with Crippen molar-refractivity contribution in [1.29, 1.82) is 0 Å². The maximum Gasteiger partial charge on any atom is 0.214 e. The molecule has 2 aromatic carbocycles. The Morgan fingerprint density at radius 3 is 2.78 bits per heavy atom. The van der Waals surface area contributed by atoms with Crippen molar-refractivity contribution in [2.45, 2.75) is 24.3 Å². The summed E-state index contributed by atoms with van der Waals surface area (Å²) in [4.78, 5) is 22.2. The predicted octanol–water partition coefficient (Wildman–Crippen LogP) is 3.64. The number of benzene rings is 2. The molecular weight excluding hydrogens is 442 g/mol. The van der Waals surface area contributed by atoms with Crippen molar-refractivity contribution >= 4 is 39.7 Å². The number of aromatic nitrogens is 1. The van der Waals surface area contributed by atoms with E-state index in [0.717, 1.165) is 48.1 Å².